The maximum Gasteiger partial charge on any atom is 0.236 e. The highest BCUT2D eigenvalue weighted by atomic mass is 16.2. The van der Waals surface area contributed by atoms with E-state index in [0.29, 0.717) is 19.1 Å². The van der Waals surface area contributed by atoms with Crippen LogP contribution < -0.4 is 5.32 Å². The van der Waals surface area contributed by atoms with Crippen LogP contribution >= 0.6 is 0 Å². The van der Waals surface area contributed by atoms with E-state index in [1.165, 1.54) is 0 Å². The Bertz CT molecular complexity index is 385. The molecule has 6 heteroatoms. The zero-order valence-corrected chi connectivity index (χ0v) is 10.4. The smallest absolute Gasteiger partial charge is 0.236 e. The van der Waals surface area contributed by atoms with Crippen LogP contribution in [-0.4, -0.2) is 44.7 Å². The normalized spacial score (nSPS) is 14.9. The molecule has 1 fully saturated rings. The molecule has 1 heterocycles. The summed E-state index contributed by atoms with van der Waals surface area (Å²) in [4.78, 5) is 17.9. The van der Waals surface area contributed by atoms with Crippen LogP contribution in [0.15, 0.2) is 6.33 Å². The topological polar surface area (TPSA) is 63.1 Å². The molecule has 1 aromatic heterocycles. The van der Waals surface area contributed by atoms with Crippen molar-refractivity contribution in [3.05, 3.63) is 12.2 Å². The van der Waals surface area contributed by atoms with Crippen molar-refractivity contribution in [1.29, 1.82) is 0 Å². The zero-order chi connectivity index (χ0) is 12.3. The highest BCUT2D eigenvalue weighted by Gasteiger charge is 2.30. The van der Waals surface area contributed by atoms with Gasteiger partial charge in [-0.1, -0.05) is 0 Å². The van der Waals surface area contributed by atoms with E-state index in [1.807, 2.05) is 18.9 Å². The lowest BCUT2D eigenvalue weighted by atomic mass is 10.4. The quantitative estimate of drug-likeness (QED) is 0.751. The van der Waals surface area contributed by atoms with E-state index in [0.717, 1.165) is 25.2 Å². The molecule has 0 atom stereocenters. The van der Waals surface area contributed by atoms with Gasteiger partial charge in [0.05, 0.1) is 13.1 Å². The van der Waals surface area contributed by atoms with Crippen LogP contribution in [0, 0.1) is 0 Å². The first kappa shape index (κ1) is 12.0. The van der Waals surface area contributed by atoms with Gasteiger partial charge < -0.3 is 10.2 Å². The maximum atomic E-state index is 11.9. The number of hydrogen-bond acceptors (Lipinski definition) is 4. The lowest BCUT2D eigenvalue weighted by Crippen LogP contribution is -2.39. The third kappa shape index (κ3) is 3.26. The van der Waals surface area contributed by atoms with Crippen molar-refractivity contribution in [2.75, 3.05) is 13.1 Å². The summed E-state index contributed by atoms with van der Waals surface area (Å²) >= 11 is 0. The lowest BCUT2D eigenvalue weighted by Gasteiger charge is -2.20. The Morgan fingerprint density at radius 1 is 1.65 bits per heavy atom. The summed E-state index contributed by atoms with van der Waals surface area (Å²) in [7, 11) is 1.83. The van der Waals surface area contributed by atoms with Crippen LogP contribution in [-0.2, 0) is 18.4 Å². The molecule has 1 amide bonds. The summed E-state index contributed by atoms with van der Waals surface area (Å²) in [5, 5.41) is 7.22. The summed E-state index contributed by atoms with van der Waals surface area (Å²) in [6.07, 6.45) is 3.96. The highest BCUT2D eigenvalue weighted by Crippen LogP contribution is 2.26. The van der Waals surface area contributed by atoms with Crippen molar-refractivity contribution in [3.8, 4) is 0 Å². The third-order valence-electron chi connectivity index (χ3n) is 2.86. The number of hydrogen-bond donors (Lipinski definition) is 1. The van der Waals surface area contributed by atoms with Crippen LogP contribution in [0.5, 0.6) is 0 Å². The molecule has 0 saturated heterocycles. The fourth-order valence-electron chi connectivity index (χ4n) is 1.87. The molecular weight excluding hydrogens is 218 g/mol. The van der Waals surface area contributed by atoms with Crippen molar-refractivity contribution < 1.29 is 4.79 Å². The van der Waals surface area contributed by atoms with Gasteiger partial charge in [0.15, 0.2) is 5.82 Å². The molecule has 0 radical (unpaired) electrons. The minimum atomic E-state index is 0.172. The maximum absolute atomic E-state index is 11.9. The van der Waals surface area contributed by atoms with Crippen molar-refractivity contribution in [2.24, 2.45) is 7.05 Å². The van der Waals surface area contributed by atoms with Gasteiger partial charge in [0.2, 0.25) is 5.91 Å². The Balaban J connectivity index is 1.72. The van der Waals surface area contributed by atoms with E-state index in [4.69, 9.17) is 0 Å². The van der Waals surface area contributed by atoms with Crippen LogP contribution in [0.2, 0.25) is 0 Å². The standard InChI is InChI=1S/C11H19N5O/c1-3-16(9-4-5-9)11(17)7-12-6-10-13-8-15(2)14-10/h8-9,12H,3-7H2,1-2H3. The highest BCUT2D eigenvalue weighted by molar-refractivity contribution is 5.78. The van der Waals surface area contributed by atoms with Gasteiger partial charge in [-0.3, -0.25) is 9.48 Å². The Labute approximate surface area is 101 Å². The number of nitrogens with zero attached hydrogens (tertiary/aromatic N) is 4. The molecule has 1 aliphatic carbocycles. The van der Waals surface area contributed by atoms with Crippen LogP contribution in [0.3, 0.4) is 0 Å². The van der Waals surface area contributed by atoms with E-state index >= 15 is 0 Å². The first-order valence-corrected chi connectivity index (χ1v) is 6.05. The second-order valence-electron chi connectivity index (χ2n) is 4.35. The van der Waals surface area contributed by atoms with Gasteiger partial charge >= 0.3 is 0 Å². The largest absolute Gasteiger partial charge is 0.339 e. The van der Waals surface area contributed by atoms with E-state index in [1.54, 1.807) is 11.0 Å². The van der Waals surface area contributed by atoms with Crippen molar-refractivity contribution in [1.82, 2.24) is 25.0 Å². The van der Waals surface area contributed by atoms with Gasteiger partial charge in [0.1, 0.15) is 6.33 Å². The minimum absolute atomic E-state index is 0.172. The number of aromatic nitrogens is 3. The molecule has 0 aliphatic heterocycles. The molecule has 1 aliphatic rings. The molecule has 6 nitrogen and oxygen atoms in total. The SMILES string of the molecule is CCN(C(=O)CNCc1ncn(C)n1)C1CC1. The first-order chi connectivity index (χ1) is 8.20. The van der Waals surface area contributed by atoms with Crippen LogP contribution in [0.1, 0.15) is 25.6 Å². The van der Waals surface area contributed by atoms with E-state index in [2.05, 4.69) is 15.4 Å². The minimum Gasteiger partial charge on any atom is -0.339 e. The first-order valence-electron chi connectivity index (χ1n) is 6.05. The number of aryl methyl sites for hydroxylation is 1. The monoisotopic (exact) mass is 237 g/mol. The van der Waals surface area contributed by atoms with Gasteiger partial charge in [0, 0.05) is 19.6 Å². The molecule has 1 saturated carbocycles. The average molecular weight is 237 g/mol. The molecule has 17 heavy (non-hydrogen) atoms. The van der Waals surface area contributed by atoms with E-state index in [9.17, 15) is 4.79 Å². The van der Waals surface area contributed by atoms with Gasteiger partial charge in [-0.2, -0.15) is 5.10 Å². The molecule has 0 spiro atoms. The van der Waals surface area contributed by atoms with Gasteiger partial charge in [0.25, 0.3) is 0 Å². The van der Waals surface area contributed by atoms with Crippen LogP contribution in [0.4, 0.5) is 0 Å². The Hall–Kier alpha value is -1.43. The Kier molecular flexibility index (Phi) is 3.73. The predicted molar refractivity (Wildman–Crippen MR) is 63.1 cm³/mol. The summed E-state index contributed by atoms with van der Waals surface area (Å²) in [6, 6.07) is 0.488. The predicted octanol–water partition coefficient (Wildman–Crippen LogP) is -0.0844. The number of carbonyl (C=O) groups is 1. The third-order valence-corrected chi connectivity index (χ3v) is 2.86. The molecule has 1 aromatic rings. The van der Waals surface area contributed by atoms with Gasteiger partial charge in [-0.25, -0.2) is 4.98 Å². The second-order valence-corrected chi connectivity index (χ2v) is 4.35. The molecule has 0 bridgehead atoms. The van der Waals surface area contributed by atoms with Gasteiger partial charge in [-0.05, 0) is 19.8 Å². The zero-order valence-electron chi connectivity index (χ0n) is 10.4. The Morgan fingerprint density at radius 3 is 2.94 bits per heavy atom. The van der Waals surface area contributed by atoms with Crippen molar-refractivity contribution in [2.45, 2.75) is 32.4 Å². The number of carbonyl (C=O) groups excluding carboxylic acids is 1. The summed E-state index contributed by atoms with van der Waals surface area (Å²) in [5.74, 6) is 0.890. The molecule has 0 unspecified atom stereocenters. The average Bonchev–Trinajstić information content (AvgIpc) is 3.04. The van der Waals surface area contributed by atoms with Gasteiger partial charge in [-0.15, -0.1) is 0 Å². The summed E-state index contributed by atoms with van der Waals surface area (Å²) in [6.45, 7) is 3.72. The summed E-state index contributed by atoms with van der Waals surface area (Å²) in [5.41, 5.74) is 0. The number of nitrogens with one attached hydrogen (secondary N) is 1. The van der Waals surface area contributed by atoms with Crippen molar-refractivity contribution in [3.63, 3.8) is 0 Å². The molecule has 1 N–H and O–H groups in total. The van der Waals surface area contributed by atoms with Crippen LogP contribution in [0.25, 0.3) is 0 Å². The molecule has 0 aromatic carbocycles. The summed E-state index contributed by atoms with van der Waals surface area (Å²) < 4.78 is 1.65. The fraction of sp³-hybridized carbons (Fsp3) is 0.727. The lowest BCUT2D eigenvalue weighted by molar-refractivity contribution is -0.130. The van der Waals surface area contributed by atoms with E-state index in [-0.39, 0.29) is 5.91 Å². The number of amides is 1. The molecule has 2 rings (SSSR count). The van der Waals surface area contributed by atoms with E-state index < -0.39 is 0 Å². The number of rotatable bonds is 6. The van der Waals surface area contributed by atoms with Crippen molar-refractivity contribution >= 4 is 5.91 Å². The molecular formula is C11H19N5O. The Morgan fingerprint density at radius 2 is 2.41 bits per heavy atom. The fourth-order valence-corrected chi connectivity index (χ4v) is 1.87. The number of likely N-dealkylation sites (N-methyl/N-ethyl adjacent to an activating group) is 1. The second kappa shape index (κ2) is 5.27. The molecule has 94 valence electrons.